The SMILES string of the molecule is Cc1cc(CCCCCCCc2cc(C)c(Cc3ccc(N)cc3)c(C)c2)cc(C)c1Cc1ccc(N)cc1. The van der Waals surface area contributed by atoms with Crippen molar-refractivity contribution in [2.24, 2.45) is 0 Å². The van der Waals surface area contributed by atoms with Crippen LogP contribution in [0.2, 0.25) is 0 Å². The van der Waals surface area contributed by atoms with Crippen LogP contribution in [0.25, 0.3) is 0 Å². The summed E-state index contributed by atoms with van der Waals surface area (Å²) in [5.41, 5.74) is 27.5. The molecule has 0 aliphatic carbocycles. The van der Waals surface area contributed by atoms with E-state index in [2.05, 4.69) is 76.2 Å². The van der Waals surface area contributed by atoms with Crippen LogP contribution >= 0.6 is 0 Å². The van der Waals surface area contributed by atoms with E-state index in [9.17, 15) is 0 Å². The Kier molecular flexibility index (Phi) is 9.87. The van der Waals surface area contributed by atoms with E-state index in [1.54, 1.807) is 0 Å². The highest BCUT2D eigenvalue weighted by molar-refractivity contribution is 5.46. The molecule has 0 aliphatic rings. The summed E-state index contributed by atoms with van der Waals surface area (Å²) in [7, 11) is 0. The van der Waals surface area contributed by atoms with Crippen molar-refractivity contribution in [1.29, 1.82) is 0 Å². The van der Waals surface area contributed by atoms with Gasteiger partial charge in [-0.2, -0.15) is 0 Å². The first-order valence-electron chi connectivity index (χ1n) is 14.7. The number of hydrogen-bond acceptors (Lipinski definition) is 2. The largest absolute Gasteiger partial charge is 0.399 e. The lowest BCUT2D eigenvalue weighted by Gasteiger charge is -2.14. The van der Waals surface area contributed by atoms with E-state index in [4.69, 9.17) is 11.5 Å². The minimum absolute atomic E-state index is 0.827. The summed E-state index contributed by atoms with van der Waals surface area (Å²) >= 11 is 0. The molecule has 0 unspecified atom stereocenters. The average molecular weight is 519 g/mol. The van der Waals surface area contributed by atoms with Crippen LogP contribution in [-0.2, 0) is 25.7 Å². The molecule has 4 N–H and O–H groups in total. The lowest BCUT2D eigenvalue weighted by atomic mass is 9.92. The van der Waals surface area contributed by atoms with Gasteiger partial charge in [0.1, 0.15) is 0 Å². The van der Waals surface area contributed by atoms with Crippen molar-refractivity contribution in [1.82, 2.24) is 0 Å². The first-order chi connectivity index (χ1) is 18.8. The maximum absolute atomic E-state index is 5.85. The van der Waals surface area contributed by atoms with Gasteiger partial charge in [0.2, 0.25) is 0 Å². The van der Waals surface area contributed by atoms with E-state index >= 15 is 0 Å². The molecule has 0 radical (unpaired) electrons. The molecule has 4 rings (SSSR count). The zero-order valence-electron chi connectivity index (χ0n) is 24.4. The van der Waals surface area contributed by atoms with Gasteiger partial charge in [-0.15, -0.1) is 0 Å². The summed E-state index contributed by atoms with van der Waals surface area (Å²) < 4.78 is 0. The number of hydrogen-bond donors (Lipinski definition) is 2. The highest BCUT2D eigenvalue weighted by Crippen LogP contribution is 2.24. The molecule has 0 heterocycles. The van der Waals surface area contributed by atoms with E-state index < -0.39 is 0 Å². The highest BCUT2D eigenvalue weighted by atomic mass is 14.5. The molecule has 0 aliphatic heterocycles. The Morgan fingerprint density at radius 3 is 1.05 bits per heavy atom. The van der Waals surface area contributed by atoms with Crippen LogP contribution in [0.4, 0.5) is 11.4 Å². The van der Waals surface area contributed by atoms with Crippen molar-refractivity contribution in [3.8, 4) is 0 Å². The van der Waals surface area contributed by atoms with Crippen molar-refractivity contribution in [3.05, 3.63) is 128 Å². The van der Waals surface area contributed by atoms with Gasteiger partial charge in [0.05, 0.1) is 0 Å². The standard InChI is InChI=1S/C37H46N2/c1-26-20-32(21-27(2)36(26)24-30-12-16-34(38)17-13-30)10-8-6-5-7-9-11-33-22-28(3)37(29(4)23-33)25-31-14-18-35(39)19-15-31/h12-23H,5-11,24-25,38-39H2,1-4H3. The molecule has 0 spiro atoms. The van der Waals surface area contributed by atoms with E-state index in [1.165, 1.54) is 101 Å². The highest BCUT2D eigenvalue weighted by Gasteiger charge is 2.08. The predicted octanol–water partition coefficient (Wildman–Crippen LogP) is 9.00. The smallest absolute Gasteiger partial charge is 0.0314 e. The van der Waals surface area contributed by atoms with Crippen LogP contribution < -0.4 is 11.5 Å². The Balaban J connectivity index is 1.18. The quantitative estimate of drug-likeness (QED) is 0.145. The van der Waals surface area contributed by atoms with E-state index in [1.807, 2.05) is 24.3 Å². The summed E-state index contributed by atoms with van der Waals surface area (Å²) in [6.07, 6.45) is 10.8. The third-order valence-electron chi connectivity index (χ3n) is 8.16. The number of nitrogens with two attached hydrogens (primary N) is 2. The van der Waals surface area contributed by atoms with Gasteiger partial charge in [-0.3, -0.25) is 0 Å². The van der Waals surface area contributed by atoms with Crippen molar-refractivity contribution in [2.45, 2.75) is 85.5 Å². The van der Waals surface area contributed by atoms with Crippen LogP contribution in [0.15, 0.2) is 72.8 Å². The topological polar surface area (TPSA) is 52.0 Å². The van der Waals surface area contributed by atoms with E-state index in [-0.39, 0.29) is 0 Å². The van der Waals surface area contributed by atoms with Crippen molar-refractivity contribution < 1.29 is 0 Å². The Morgan fingerprint density at radius 2 is 0.718 bits per heavy atom. The van der Waals surface area contributed by atoms with Crippen LogP contribution in [0, 0.1) is 27.7 Å². The maximum Gasteiger partial charge on any atom is 0.0314 e. The number of nitrogen functional groups attached to an aromatic ring is 2. The summed E-state index contributed by atoms with van der Waals surface area (Å²) in [6, 6.07) is 26.2. The maximum atomic E-state index is 5.85. The number of unbranched alkanes of at least 4 members (excludes halogenated alkanes) is 4. The second-order valence-corrected chi connectivity index (χ2v) is 11.5. The van der Waals surface area contributed by atoms with E-state index in [0.717, 1.165) is 24.2 Å². The van der Waals surface area contributed by atoms with Crippen molar-refractivity contribution in [3.63, 3.8) is 0 Å². The van der Waals surface area contributed by atoms with Gasteiger partial charge in [-0.25, -0.2) is 0 Å². The molecule has 2 heteroatoms. The average Bonchev–Trinajstić information content (AvgIpc) is 2.90. The molecular weight excluding hydrogens is 472 g/mol. The van der Waals surface area contributed by atoms with Crippen molar-refractivity contribution in [2.75, 3.05) is 11.5 Å². The predicted molar refractivity (Wildman–Crippen MR) is 170 cm³/mol. The van der Waals surface area contributed by atoms with Crippen LogP contribution in [-0.4, -0.2) is 0 Å². The van der Waals surface area contributed by atoms with Gasteiger partial charge in [0.15, 0.2) is 0 Å². The first-order valence-corrected chi connectivity index (χ1v) is 14.7. The third kappa shape index (κ3) is 8.23. The van der Waals surface area contributed by atoms with E-state index in [0.29, 0.717) is 0 Å². The molecule has 39 heavy (non-hydrogen) atoms. The molecule has 0 saturated heterocycles. The summed E-state index contributed by atoms with van der Waals surface area (Å²) in [5, 5.41) is 0. The fraction of sp³-hybridized carbons (Fsp3) is 0.351. The zero-order valence-corrected chi connectivity index (χ0v) is 24.4. The zero-order chi connectivity index (χ0) is 27.8. The Morgan fingerprint density at radius 1 is 0.410 bits per heavy atom. The summed E-state index contributed by atoms with van der Waals surface area (Å²) in [4.78, 5) is 0. The van der Waals surface area contributed by atoms with Crippen LogP contribution in [0.5, 0.6) is 0 Å². The first kappa shape index (κ1) is 28.5. The Labute approximate surface area is 236 Å². The van der Waals surface area contributed by atoms with Gasteiger partial charge in [-0.1, -0.05) is 67.8 Å². The van der Waals surface area contributed by atoms with Gasteiger partial charge >= 0.3 is 0 Å². The van der Waals surface area contributed by atoms with Gasteiger partial charge in [0, 0.05) is 11.4 Å². The lowest BCUT2D eigenvalue weighted by molar-refractivity contribution is 0.613. The summed E-state index contributed by atoms with van der Waals surface area (Å²) in [5.74, 6) is 0. The molecule has 4 aromatic rings. The molecule has 0 saturated carbocycles. The number of anilines is 2. The molecule has 0 amide bonds. The summed E-state index contributed by atoms with van der Waals surface area (Å²) in [6.45, 7) is 9.04. The van der Waals surface area contributed by atoms with Gasteiger partial charge < -0.3 is 11.5 Å². The van der Waals surface area contributed by atoms with Gasteiger partial charge in [0.25, 0.3) is 0 Å². The molecule has 0 fully saturated rings. The van der Waals surface area contributed by atoms with Gasteiger partial charge in [-0.05, 0) is 146 Å². The Hall–Kier alpha value is -3.52. The second kappa shape index (κ2) is 13.5. The molecule has 0 atom stereocenters. The van der Waals surface area contributed by atoms with Crippen molar-refractivity contribution >= 4 is 11.4 Å². The molecule has 0 bridgehead atoms. The fourth-order valence-corrected chi connectivity index (χ4v) is 5.88. The fourth-order valence-electron chi connectivity index (χ4n) is 5.88. The molecule has 204 valence electrons. The second-order valence-electron chi connectivity index (χ2n) is 11.5. The van der Waals surface area contributed by atoms with Crippen LogP contribution in [0.1, 0.15) is 87.7 Å². The van der Waals surface area contributed by atoms with Crippen LogP contribution in [0.3, 0.4) is 0 Å². The minimum atomic E-state index is 0.827. The molecule has 0 aromatic heterocycles. The third-order valence-corrected chi connectivity index (χ3v) is 8.16. The number of rotatable bonds is 12. The Bertz CT molecular complexity index is 1210. The number of aryl methyl sites for hydroxylation is 6. The molecule has 2 nitrogen and oxygen atoms in total. The monoisotopic (exact) mass is 518 g/mol. The minimum Gasteiger partial charge on any atom is -0.399 e. The lowest BCUT2D eigenvalue weighted by Crippen LogP contribution is -1.99. The normalized spacial score (nSPS) is 11.2. The molecular formula is C37H46N2. The molecule has 4 aromatic carbocycles. The number of benzene rings is 4.